The molecule has 0 amide bonds. The van der Waals surface area contributed by atoms with Crippen LogP contribution in [0.15, 0.2) is 24.5 Å². The van der Waals surface area contributed by atoms with Crippen molar-refractivity contribution < 1.29 is 24.3 Å². The number of benzene rings is 1. The number of aliphatic carboxylic acids is 1. The third kappa shape index (κ3) is 3.33. The third-order valence-electron chi connectivity index (χ3n) is 4.76. The summed E-state index contributed by atoms with van der Waals surface area (Å²) in [6.45, 7) is 0.874. The summed E-state index contributed by atoms with van der Waals surface area (Å²) in [5.41, 5.74) is 0.301. The summed E-state index contributed by atoms with van der Waals surface area (Å²) in [5.74, 6) is 0.0779. The van der Waals surface area contributed by atoms with Gasteiger partial charge in [0.05, 0.1) is 10.8 Å². The van der Waals surface area contributed by atoms with E-state index in [-0.39, 0.29) is 24.1 Å². The lowest BCUT2D eigenvalue weighted by Crippen LogP contribution is -2.37. The fraction of sp³-hybridized carbons (Fsp3) is 0.353. The van der Waals surface area contributed by atoms with Crippen molar-refractivity contribution in [1.82, 2.24) is 9.97 Å². The zero-order valence-corrected chi connectivity index (χ0v) is 14.7. The number of carboxylic acids is 1. The summed E-state index contributed by atoms with van der Waals surface area (Å²) in [6, 6.07) is 5.08. The van der Waals surface area contributed by atoms with E-state index < -0.39 is 16.8 Å². The van der Waals surface area contributed by atoms with Crippen molar-refractivity contribution >= 4 is 29.0 Å². The normalized spacial score (nSPS) is 16.1. The fourth-order valence-electron chi connectivity index (χ4n) is 3.31. The zero-order chi connectivity index (χ0) is 19.7. The minimum absolute atomic E-state index is 0.0502. The van der Waals surface area contributed by atoms with Gasteiger partial charge in [0, 0.05) is 24.8 Å². The molecule has 3 heterocycles. The molecule has 2 aliphatic heterocycles. The molecule has 0 radical (unpaired) electrons. The van der Waals surface area contributed by atoms with Crippen LogP contribution in [0, 0.1) is 16.0 Å². The number of aromatic nitrogens is 2. The van der Waals surface area contributed by atoms with Crippen molar-refractivity contribution in [3.8, 4) is 11.5 Å². The van der Waals surface area contributed by atoms with Crippen molar-refractivity contribution in [2.75, 3.05) is 30.1 Å². The van der Waals surface area contributed by atoms with Crippen LogP contribution >= 0.6 is 0 Å². The lowest BCUT2D eigenvalue weighted by molar-refractivity contribution is -0.383. The average Bonchev–Trinajstić information content (AvgIpc) is 3.15. The van der Waals surface area contributed by atoms with Gasteiger partial charge < -0.3 is 24.8 Å². The van der Waals surface area contributed by atoms with Crippen LogP contribution in [-0.2, 0) is 4.79 Å². The Kier molecular flexibility index (Phi) is 4.55. The van der Waals surface area contributed by atoms with E-state index >= 15 is 0 Å². The highest BCUT2D eigenvalue weighted by Crippen LogP contribution is 2.38. The number of rotatable bonds is 5. The largest absolute Gasteiger partial charge is 0.481 e. The van der Waals surface area contributed by atoms with Crippen LogP contribution in [0.4, 0.5) is 23.0 Å². The number of hydrogen-bond acceptors (Lipinski definition) is 9. The number of piperidine rings is 1. The Morgan fingerprint density at radius 1 is 1.25 bits per heavy atom. The van der Waals surface area contributed by atoms with Crippen molar-refractivity contribution in [3.05, 3.63) is 34.6 Å². The molecule has 2 N–H and O–H groups in total. The first-order valence-electron chi connectivity index (χ1n) is 8.66. The van der Waals surface area contributed by atoms with Gasteiger partial charge in [0.2, 0.25) is 18.4 Å². The zero-order valence-electron chi connectivity index (χ0n) is 14.7. The van der Waals surface area contributed by atoms with Gasteiger partial charge in [-0.25, -0.2) is 9.97 Å². The van der Waals surface area contributed by atoms with Gasteiger partial charge in [-0.1, -0.05) is 0 Å². The first kappa shape index (κ1) is 17.8. The summed E-state index contributed by atoms with van der Waals surface area (Å²) in [6.07, 6.45) is 2.06. The third-order valence-corrected chi connectivity index (χ3v) is 4.76. The smallest absolute Gasteiger partial charge is 0.353 e. The number of ether oxygens (including phenoxy) is 2. The lowest BCUT2D eigenvalue weighted by atomic mass is 9.97. The first-order chi connectivity index (χ1) is 13.5. The van der Waals surface area contributed by atoms with E-state index in [1.165, 1.54) is 6.33 Å². The van der Waals surface area contributed by atoms with Gasteiger partial charge in [-0.15, -0.1) is 0 Å². The second kappa shape index (κ2) is 7.18. The summed E-state index contributed by atoms with van der Waals surface area (Å²) in [4.78, 5) is 32.2. The van der Waals surface area contributed by atoms with Crippen molar-refractivity contribution in [1.29, 1.82) is 0 Å². The molecule has 0 spiro atoms. The molecule has 11 heteroatoms. The highest BCUT2D eigenvalue weighted by Gasteiger charge is 2.31. The first-order valence-corrected chi connectivity index (χ1v) is 8.66. The standard InChI is InChI=1S/C17H17N5O6/c23-17(24)10-3-5-21(6-4-10)16-14(22(25)26)15(18-8-19-16)20-11-1-2-12-13(7-11)28-9-27-12/h1-2,7-8,10H,3-6,9H2,(H,23,24)(H,18,19,20). The van der Waals surface area contributed by atoms with Crippen LogP contribution in [0.1, 0.15) is 12.8 Å². The molecule has 2 aromatic rings. The molecule has 146 valence electrons. The van der Waals surface area contributed by atoms with Gasteiger partial charge in [0.15, 0.2) is 11.5 Å². The van der Waals surface area contributed by atoms with Crippen molar-refractivity contribution in [2.24, 2.45) is 5.92 Å². The van der Waals surface area contributed by atoms with Gasteiger partial charge in [-0.3, -0.25) is 14.9 Å². The van der Waals surface area contributed by atoms with Crippen molar-refractivity contribution in [3.63, 3.8) is 0 Å². The molecule has 1 fully saturated rings. The number of carboxylic acid groups (broad SMARTS) is 1. The number of carbonyl (C=O) groups is 1. The molecule has 1 aromatic heterocycles. The van der Waals surface area contributed by atoms with Gasteiger partial charge in [0.1, 0.15) is 6.33 Å². The monoisotopic (exact) mass is 387 g/mol. The van der Waals surface area contributed by atoms with Crippen LogP contribution in [0.25, 0.3) is 0 Å². The molecule has 28 heavy (non-hydrogen) atoms. The fourth-order valence-corrected chi connectivity index (χ4v) is 3.31. The Morgan fingerprint density at radius 3 is 2.71 bits per heavy atom. The number of nitrogens with one attached hydrogen (secondary N) is 1. The SMILES string of the molecule is O=C(O)C1CCN(c2ncnc(Nc3ccc4c(c3)OCO4)c2[N+](=O)[O-])CC1. The highest BCUT2D eigenvalue weighted by atomic mass is 16.7. The van der Waals surface area contributed by atoms with Crippen molar-refractivity contribution in [2.45, 2.75) is 12.8 Å². The average molecular weight is 387 g/mol. The van der Waals surface area contributed by atoms with E-state index in [1.807, 2.05) is 0 Å². The Balaban J connectivity index is 1.61. The van der Waals surface area contributed by atoms with E-state index in [9.17, 15) is 14.9 Å². The molecular weight excluding hydrogens is 370 g/mol. The Bertz CT molecular complexity index is 928. The predicted octanol–water partition coefficient (Wildman–Crippen LogP) is 2.16. The van der Waals surface area contributed by atoms with Crippen LogP contribution in [0.3, 0.4) is 0 Å². The summed E-state index contributed by atoms with van der Waals surface area (Å²) in [7, 11) is 0. The number of anilines is 3. The second-order valence-corrected chi connectivity index (χ2v) is 6.44. The Morgan fingerprint density at radius 2 is 2.00 bits per heavy atom. The molecule has 4 rings (SSSR count). The predicted molar refractivity (Wildman–Crippen MR) is 97.1 cm³/mol. The molecule has 0 aliphatic carbocycles. The van der Waals surface area contributed by atoms with E-state index in [0.717, 1.165) is 0 Å². The van der Waals surface area contributed by atoms with Crippen LogP contribution in [0.5, 0.6) is 11.5 Å². The van der Waals surface area contributed by atoms with Crippen LogP contribution in [-0.4, -0.2) is 45.8 Å². The number of fused-ring (bicyclic) bond motifs is 1. The molecule has 0 unspecified atom stereocenters. The maximum atomic E-state index is 11.8. The molecule has 1 aromatic carbocycles. The molecule has 0 bridgehead atoms. The summed E-state index contributed by atoms with van der Waals surface area (Å²) in [5, 5.41) is 23.8. The molecular formula is C17H17N5O6. The maximum absolute atomic E-state index is 11.8. The number of hydrogen-bond donors (Lipinski definition) is 2. The van der Waals surface area contributed by atoms with Gasteiger partial charge >= 0.3 is 11.7 Å². The molecule has 0 saturated carbocycles. The maximum Gasteiger partial charge on any atom is 0.353 e. The molecule has 2 aliphatic rings. The van der Waals surface area contributed by atoms with Gasteiger partial charge in [0.25, 0.3) is 0 Å². The summed E-state index contributed by atoms with van der Waals surface area (Å²) < 4.78 is 10.6. The number of nitro groups is 1. The Hall–Kier alpha value is -3.63. The quantitative estimate of drug-likeness (QED) is 0.579. The van der Waals surface area contributed by atoms with E-state index in [1.54, 1.807) is 23.1 Å². The van der Waals surface area contributed by atoms with Gasteiger partial charge in [-0.05, 0) is 25.0 Å². The topological polar surface area (TPSA) is 140 Å². The lowest BCUT2D eigenvalue weighted by Gasteiger charge is -2.30. The second-order valence-electron chi connectivity index (χ2n) is 6.44. The molecule has 11 nitrogen and oxygen atoms in total. The van der Waals surface area contributed by atoms with Crippen LogP contribution < -0.4 is 19.7 Å². The minimum atomic E-state index is -0.845. The van der Waals surface area contributed by atoms with E-state index in [2.05, 4.69) is 15.3 Å². The summed E-state index contributed by atoms with van der Waals surface area (Å²) >= 11 is 0. The number of nitrogens with zero attached hydrogens (tertiary/aromatic N) is 4. The van der Waals surface area contributed by atoms with E-state index in [4.69, 9.17) is 14.6 Å². The van der Waals surface area contributed by atoms with Gasteiger partial charge in [-0.2, -0.15) is 0 Å². The van der Waals surface area contributed by atoms with Crippen LogP contribution in [0.2, 0.25) is 0 Å². The molecule has 1 saturated heterocycles. The Labute approximate surface area is 159 Å². The molecule has 0 atom stereocenters. The van der Waals surface area contributed by atoms with E-state index in [0.29, 0.717) is 43.1 Å². The highest BCUT2D eigenvalue weighted by molar-refractivity contribution is 5.76. The minimum Gasteiger partial charge on any atom is -0.481 e.